The van der Waals surface area contributed by atoms with Crippen LogP contribution in [0.2, 0.25) is 0 Å². The molecule has 3 N–H and O–H groups in total. The lowest BCUT2D eigenvalue weighted by atomic mass is 10.1. The largest absolute Gasteiger partial charge is 0.494 e. The van der Waals surface area contributed by atoms with Gasteiger partial charge in [-0.2, -0.15) is 0 Å². The zero-order chi connectivity index (χ0) is 16.4. The van der Waals surface area contributed by atoms with Gasteiger partial charge in [0.15, 0.2) is 11.6 Å². The summed E-state index contributed by atoms with van der Waals surface area (Å²) in [6.07, 6.45) is -0.177. The van der Waals surface area contributed by atoms with Crippen molar-refractivity contribution in [2.24, 2.45) is 0 Å². The second-order valence-corrected chi connectivity index (χ2v) is 5.40. The van der Waals surface area contributed by atoms with Crippen LogP contribution in [0.5, 0.6) is 5.75 Å². The summed E-state index contributed by atoms with van der Waals surface area (Å²) in [5.74, 6) is -0.451. The van der Waals surface area contributed by atoms with E-state index >= 15 is 0 Å². The highest BCUT2D eigenvalue weighted by Crippen LogP contribution is 2.31. The fraction of sp³-hybridized carbons (Fsp3) is 0.235. The van der Waals surface area contributed by atoms with Crippen LogP contribution in [0, 0.1) is 5.82 Å². The summed E-state index contributed by atoms with van der Waals surface area (Å²) in [5.41, 5.74) is 2.22. The maximum absolute atomic E-state index is 13.6. The molecule has 6 heteroatoms. The Morgan fingerprint density at radius 2 is 2.09 bits per heavy atom. The molecule has 23 heavy (non-hydrogen) atoms. The Hall–Kier alpha value is -2.60. The minimum Gasteiger partial charge on any atom is -0.494 e. The Bertz CT molecular complexity index is 736. The monoisotopic (exact) mass is 316 g/mol. The average molecular weight is 316 g/mol. The third-order valence-electron chi connectivity index (χ3n) is 3.90. The highest BCUT2D eigenvalue weighted by molar-refractivity contribution is 5.89. The average Bonchev–Trinajstić information content (AvgIpc) is 2.83. The van der Waals surface area contributed by atoms with Crippen molar-refractivity contribution >= 4 is 11.7 Å². The van der Waals surface area contributed by atoms with Crippen LogP contribution < -0.4 is 15.4 Å². The number of benzene rings is 2. The molecule has 0 saturated heterocycles. The second kappa shape index (κ2) is 6.26. The number of hydrogen-bond donors (Lipinski definition) is 3. The number of aliphatic hydroxyl groups is 1. The molecular formula is C17H17FN2O3. The van der Waals surface area contributed by atoms with Crippen LogP contribution in [-0.4, -0.2) is 24.4 Å². The lowest BCUT2D eigenvalue weighted by molar-refractivity contribution is 0.144. The Kier molecular flexibility index (Phi) is 4.16. The number of carbonyl (C=O) groups excluding carboxylic acids is 1. The highest BCUT2D eigenvalue weighted by Gasteiger charge is 2.31. The number of urea groups is 1. The summed E-state index contributed by atoms with van der Waals surface area (Å²) in [5, 5.41) is 15.4. The van der Waals surface area contributed by atoms with Crippen molar-refractivity contribution in [2.75, 3.05) is 12.4 Å². The van der Waals surface area contributed by atoms with Crippen LogP contribution in [-0.2, 0) is 6.42 Å². The van der Waals surface area contributed by atoms with Gasteiger partial charge in [-0.25, -0.2) is 9.18 Å². The predicted molar refractivity (Wildman–Crippen MR) is 84.0 cm³/mol. The van der Waals surface area contributed by atoms with E-state index in [4.69, 9.17) is 4.74 Å². The molecule has 5 nitrogen and oxygen atoms in total. The molecule has 2 atom stereocenters. The molecule has 2 aromatic rings. The van der Waals surface area contributed by atoms with E-state index in [9.17, 15) is 14.3 Å². The third kappa shape index (κ3) is 3.12. The SMILES string of the molecule is COc1ccc(NC(=O)N[C@H]2c3ccccc3C[C@H]2O)cc1F. The van der Waals surface area contributed by atoms with Crippen molar-refractivity contribution in [1.82, 2.24) is 5.32 Å². The molecule has 0 aromatic heterocycles. The molecule has 2 amide bonds. The van der Waals surface area contributed by atoms with Gasteiger partial charge in [0.2, 0.25) is 0 Å². The van der Waals surface area contributed by atoms with Crippen molar-refractivity contribution in [3.8, 4) is 5.75 Å². The Morgan fingerprint density at radius 1 is 1.30 bits per heavy atom. The molecule has 2 aromatic carbocycles. The van der Waals surface area contributed by atoms with Gasteiger partial charge in [0.05, 0.1) is 19.3 Å². The normalized spacial score (nSPS) is 19.1. The van der Waals surface area contributed by atoms with E-state index in [1.165, 1.54) is 19.2 Å². The molecule has 3 rings (SSSR count). The van der Waals surface area contributed by atoms with Gasteiger partial charge >= 0.3 is 6.03 Å². The van der Waals surface area contributed by atoms with E-state index in [0.717, 1.165) is 11.1 Å². The standard InChI is InChI=1S/C17H17FN2O3/c1-23-15-7-6-11(9-13(15)18)19-17(22)20-16-12-5-3-2-4-10(12)8-14(16)21/h2-7,9,14,16,21H,8H2,1H3,(H2,19,20,22)/t14-,16+/m1/s1. The van der Waals surface area contributed by atoms with E-state index in [1.807, 2.05) is 24.3 Å². The fourth-order valence-corrected chi connectivity index (χ4v) is 2.80. The van der Waals surface area contributed by atoms with E-state index in [2.05, 4.69) is 10.6 Å². The zero-order valence-electron chi connectivity index (χ0n) is 12.5. The summed E-state index contributed by atoms with van der Waals surface area (Å²) in [4.78, 5) is 12.1. The first-order valence-electron chi connectivity index (χ1n) is 7.25. The van der Waals surface area contributed by atoms with Gasteiger partial charge in [0.25, 0.3) is 0 Å². The molecule has 0 fully saturated rings. The molecule has 1 aliphatic rings. The van der Waals surface area contributed by atoms with Crippen LogP contribution in [0.25, 0.3) is 0 Å². The van der Waals surface area contributed by atoms with Crippen LogP contribution >= 0.6 is 0 Å². The zero-order valence-corrected chi connectivity index (χ0v) is 12.5. The molecule has 0 saturated carbocycles. The molecule has 0 bridgehead atoms. The Balaban J connectivity index is 1.69. The number of amides is 2. The van der Waals surface area contributed by atoms with Crippen LogP contribution in [0.3, 0.4) is 0 Å². The van der Waals surface area contributed by atoms with Crippen molar-refractivity contribution in [3.05, 3.63) is 59.4 Å². The summed E-state index contributed by atoms with van der Waals surface area (Å²) >= 11 is 0. The quantitative estimate of drug-likeness (QED) is 0.815. The summed E-state index contributed by atoms with van der Waals surface area (Å²) in [7, 11) is 1.37. The number of halogens is 1. The lowest BCUT2D eigenvalue weighted by Crippen LogP contribution is -2.36. The van der Waals surface area contributed by atoms with Gasteiger partial charge in [0, 0.05) is 18.2 Å². The number of nitrogens with one attached hydrogen (secondary N) is 2. The molecular weight excluding hydrogens is 299 g/mol. The van der Waals surface area contributed by atoms with Crippen molar-refractivity contribution in [3.63, 3.8) is 0 Å². The third-order valence-corrected chi connectivity index (χ3v) is 3.90. The molecule has 0 aliphatic heterocycles. The van der Waals surface area contributed by atoms with Gasteiger partial charge in [-0.05, 0) is 23.3 Å². The van der Waals surface area contributed by atoms with E-state index in [-0.39, 0.29) is 5.75 Å². The fourth-order valence-electron chi connectivity index (χ4n) is 2.80. The summed E-state index contributed by atoms with van der Waals surface area (Å²) in [6.45, 7) is 0. The first-order valence-corrected chi connectivity index (χ1v) is 7.25. The number of ether oxygens (including phenoxy) is 1. The maximum Gasteiger partial charge on any atom is 0.319 e. The number of carbonyl (C=O) groups is 1. The number of aliphatic hydroxyl groups excluding tert-OH is 1. The van der Waals surface area contributed by atoms with Gasteiger partial charge < -0.3 is 20.5 Å². The first-order chi connectivity index (χ1) is 11.1. The molecule has 120 valence electrons. The molecule has 0 spiro atoms. The van der Waals surface area contributed by atoms with Crippen molar-refractivity contribution in [2.45, 2.75) is 18.6 Å². The van der Waals surface area contributed by atoms with Gasteiger partial charge in [-0.1, -0.05) is 24.3 Å². The lowest BCUT2D eigenvalue weighted by Gasteiger charge is -2.18. The second-order valence-electron chi connectivity index (χ2n) is 5.40. The van der Waals surface area contributed by atoms with Crippen molar-refractivity contribution < 1.29 is 19.0 Å². The highest BCUT2D eigenvalue weighted by atomic mass is 19.1. The molecule has 0 heterocycles. The molecule has 0 radical (unpaired) electrons. The van der Waals surface area contributed by atoms with Crippen LogP contribution in [0.15, 0.2) is 42.5 Å². The topological polar surface area (TPSA) is 70.6 Å². The van der Waals surface area contributed by atoms with Crippen molar-refractivity contribution in [1.29, 1.82) is 0 Å². The summed E-state index contributed by atoms with van der Waals surface area (Å²) in [6, 6.07) is 10.7. The first kappa shape index (κ1) is 15.3. The van der Waals surface area contributed by atoms with E-state index < -0.39 is 24.0 Å². The number of hydrogen-bond acceptors (Lipinski definition) is 3. The number of fused-ring (bicyclic) bond motifs is 1. The number of methoxy groups -OCH3 is 1. The molecule has 1 aliphatic carbocycles. The van der Waals surface area contributed by atoms with Crippen LogP contribution in [0.4, 0.5) is 14.9 Å². The van der Waals surface area contributed by atoms with Gasteiger partial charge in [-0.15, -0.1) is 0 Å². The minimum absolute atomic E-state index is 0.108. The Labute approximate surface area is 133 Å². The van der Waals surface area contributed by atoms with E-state index in [1.54, 1.807) is 6.07 Å². The maximum atomic E-state index is 13.6. The number of anilines is 1. The smallest absolute Gasteiger partial charge is 0.319 e. The predicted octanol–water partition coefficient (Wildman–Crippen LogP) is 2.61. The Morgan fingerprint density at radius 3 is 2.83 bits per heavy atom. The summed E-state index contributed by atoms with van der Waals surface area (Å²) < 4.78 is 18.5. The minimum atomic E-state index is -0.675. The van der Waals surface area contributed by atoms with Gasteiger partial charge in [0.1, 0.15) is 0 Å². The number of rotatable bonds is 3. The van der Waals surface area contributed by atoms with Crippen LogP contribution in [0.1, 0.15) is 17.2 Å². The molecule has 0 unspecified atom stereocenters. The van der Waals surface area contributed by atoms with E-state index in [0.29, 0.717) is 12.1 Å². The van der Waals surface area contributed by atoms with Gasteiger partial charge in [-0.3, -0.25) is 0 Å².